The Labute approximate surface area is 279 Å². The monoisotopic (exact) mass is 660 g/mol. The van der Waals surface area contributed by atoms with Crippen molar-refractivity contribution in [1.82, 2.24) is 4.57 Å². The van der Waals surface area contributed by atoms with Crippen molar-refractivity contribution in [3.05, 3.63) is 146 Å². The minimum Gasteiger partial charge on any atom is -0.347 e. The maximum atomic E-state index is 6.62. The lowest BCUT2D eigenvalue weighted by Gasteiger charge is -2.23. The van der Waals surface area contributed by atoms with Crippen molar-refractivity contribution in [2.24, 2.45) is 0 Å². The number of para-hydroxylation sites is 1. The van der Waals surface area contributed by atoms with E-state index in [4.69, 9.17) is 46.4 Å². The molecule has 1 aromatic heterocycles. The number of likely N-dealkylation sites (N-methyl/N-ethyl adjacent to an activating group) is 1. The van der Waals surface area contributed by atoms with E-state index in [1.807, 2.05) is 12.1 Å². The molecule has 0 saturated heterocycles. The van der Waals surface area contributed by atoms with Gasteiger partial charge in [-0.3, -0.25) is 0 Å². The first-order chi connectivity index (χ1) is 21.2. The summed E-state index contributed by atoms with van der Waals surface area (Å²) in [4.78, 5) is 2.29. The number of anilines is 1. The first-order valence-corrected chi connectivity index (χ1v) is 16.4. The van der Waals surface area contributed by atoms with Crippen molar-refractivity contribution in [1.29, 1.82) is 0 Å². The van der Waals surface area contributed by atoms with Gasteiger partial charge >= 0.3 is 0 Å². The van der Waals surface area contributed by atoms with E-state index in [-0.39, 0.29) is 5.41 Å². The highest BCUT2D eigenvalue weighted by Gasteiger charge is 2.37. The molecule has 0 radical (unpaired) electrons. The van der Waals surface area contributed by atoms with Gasteiger partial charge in [0.15, 0.2) is 11.0 Å². The smallest absolute Gasteiger partial charge is 0.282 e. The lowest BCUT2D eigenvalue weighted by molar-refractivity contribution is -0.665. The number of imidazole rings is 1. The molecule has 5 aromatic rings. The van der Waals surface area contributed by atoms with Gasteiger partial charge in [-0.1, -0.05) is 110 Å². The first kappa shape index (κ1) is 30.8. The molecule has 1 aliphatic rings. The van der Waals surface area contributed by atoms with Crippen molar-refractivity contribution in [3.8, 4) is 0 Å². The number of aromatic nitrogens is 2. The SMILES string of the molecule is CN1C(=CC=Cc2n(Cc3ccc(CCl)cc3)c3cc(Cl)c(Cl)cc3[n+]2Cc2ccc(CCl)cc2)C(C)(C)c2ccccc21. The first-order valence-electron chi connectivity index (χ1n) is 14.6. The average Bonchev–Trinajstić information content (AvgIpc) is 3.40. The Balaban J connectivity index is 1.50. The van der Waals surface area contributed by atoms with Crippen LogP contribution in [-0.4, -0.2) is 11.6 Å². The summed E-state index contributed by atoms with van der Waals surface area (Å²) in [7, 11) is 2.14. The average molecular weight is 663 g/mol. The molecule has 0 atom stereocenters. The molecule has 0 saturated carbocycles. The van der Waals surface area contributed by atoms with E-state index < -0.39 is 0 Å². The number of benzene rings is 4. The van der Waals surface area contributed by atoms with Crippen molar-refractivity contribution >= 4 is 69.2 Å². The van der Waals surface area contributed by atoms with E-state index >= 15 is 0 Å². The predicted octanol–water partition coefficient (Wildman–Crippen LogP) is 10.1. The Morgan fingerprint density at radius 1 is 0.773 bits per heavy atom. The van der Waals surface area contributed by atoms with Crippen LogP contribution >= 0.6 is 46.4 Å². The summed E-state index contributed by atoms with van der Waals surface area (Å²) in [5.74, 6) is 2.01. The molecular weight excluding hydrogens is 628 g/mol. The van der Waals surface area contributed by atoms with Gasteiger partial charge in [0.2, 0.25) is 0 Å². The highest BCUT2D eigenvalue weighted by molar-refractivity contribution is 6.42. The van der Waals surface area contributed by atoms with Crippen LogP contribution in [0.2, 0.25) is 10.0 Å². The second kappa shape index (κ2) is 12.7. The Morgan fingerprint density at radius 3 is 2.00 bits per heavy atom. The van der Waals surface area contributed by atoms with Crippen molar-refractivity contribution in [2.45, 2.75) is 44.1 Å². The highest BCUT2D eigenvalue weighted by Crippen LogP contribution is 2.46. The Bertz CT molecular complexity index is 1790. The molecule has 1 aliphatic heterocycles. The largest absolute Gasteiger partial charge is 0.347 e. The van der Waals surface area contributed by atoms with Crippen LogP contribution in [0.1, 0.15) is 47.5 Å². The van der Waals surface area contributed by atoms with Gasteiger partial charge in [0.1, 0.15) is 13.1 Å². The van der Waals surface area contributed by atoms with Crippen LogP contribution in [-0.2, 0) is 30.3 Å². The summed E-state index contributed by atoms with van der Waals surface area (Å²) >= 11 is 25.4. The van der Waals surface area contributed by atoms with Crippen molar-refractivity contribution in [2.75, 3.05) is 11.9 Å². The molecule has 7 heteroatoms. The third kappa shape index (κ3) is 5.79. The van der Waals surface area contributed by atoms with Crippen LogP contribution in [0.15, 0.2) is 103 Å². The summed E-state index contributed by atoms with van der Waals surface area (Å²) in [5, 5.41) is 1.05. The molecule has 0 N–H and O–H groups in total. The highest BCUT2D eigenvalue weighted by atomic mass is 35.5. The van der Waals surface area contributed by atoms with Crippen LogP contribution in [0.4, 0.5) is 5.69 Å². The van der Waals surface area contributed by atoms with Crippen LogP contribution in [0.5, 0.6) is 0 Å². The zero-order valence-electron chi connectivity index (χ0n) is 25.0. The maximum Gasteiger partial charge on any atom is 0.282 e. The molecule has 0 unspecified atom stereocenters. The molecule has 224 valence electrons. The van der Waals surface area contributed by atoms with E-state index in [0.717, 1.165) is 28.0 Å². The standard InChI is InChI=1S/C37H34Cl4N3/c1-37(2)29-7-4-5-8-32(29)42(3)35(37)9-6-10-36-43(23-27-15-11-25(21-38)12-16-27)33-19-30(40)31(41)20-34(33)44(36)24-28-17-13-26(22-39)14-18-28/h4-20H,21-24H2,1-3H3/q+1. The van der Waals surface area contributed by atoms with Crippen LogP contribution < -0.4 is 9.47 Å². The minimum atomic E-state index is -0.117. The summed E-state index contributed by atoms with van der Waals surface area (Å²) < 4.78 is 4.63. The minimum absolute atomic E-state index is 0.117. The molecule has 3 nitrogen and oxygen atoms in total. The lowest BCUT2D eigenvalue weighted by Crippen LogP contribution is -2.37. The van der Waals surface area contributed by atoms with Gasteiger partial charge in [0.05, 0.1) is 10.0 Å². The van der Waals surface area contributed by atoms with E-state index in [1.54, 1.807) is 0 Å². The zero-order chi connectivity index (χ0) is 31.0. The van der Waals surface area contributed by atoms with E-state index in [1.165, 1.54) is 28.1 Å². The van der Waals surface area contributed by atoms with Gasteiger partial charge in [-0.15, -0.1) is 23.2 Å². The van der Waals surface area contributed by atoms with Gasteiger partial charge in [0, 0.05) is 53.8 Å². The Kier molecular flexibility index (Phi) is 8.86. The fourth-order valence-corrected chi connectivity index (χ4v) is 6.89. The molecule has 6 rings (SSSR count). The van der Waals surface area contributed by atoms with Crippen molar-refractivity contribution < 1.29 is 4.57 Å². The van der Waals surface area contributed by atoms with Gasteiger partial charge in [0.25, 0.3) is 5.82 Å². The third-order valence-electron chi connectivity index (χ3n) is 8.63. The molecule has 0 amide bonds. The van der Waals surface area contributed by atoms with Gasteiger partial charge in [-0.2, -0.15) is 0 Å². The number of allylic oxidation sites excluding steroid dienone is 3. The van der Waals surface area contributed by atoms with E-state index in [9.17, 15) is 0 Å². The fraction of sp³-hybridized carbons (Fsp3) is 0.216. The lowest BCUT2D eigenvalue weighted by atomic mass is 9.84. The molecular formula is C37H34Cl4N3+. The maximum absolute atomic E-state index is 6.62. The molecule has 0 bridgehead atoms. The summed E-state index contributed by atoms with van der Waals surface area (Å²) in [6.07, 6.45) is 6.59. The summed E-state index contributed by atoms with van der Waals surface area (Å²) in [6, 6.07) is 29.5. The molecule has 44 heavy (non-hydrogen) atoms. The Hall–Kier alpha value is -3.21. The third-order valence-corrected chi connectivity index (χ3v) is 9.97. The van der Waals surface area contributed by atoms with Crippen LogP contribution in [0, 0.1) is 0 Å². The number of hydrogen-bond donors (Lipinski definition) is 0. The molecule has 0 spiro atoms. The predicted molar refractivity (Wildman–Crippen MR) is 187 cm³/mol. The number of alkyl halides is 2. The number of hydrogen-bond acceptors (Lipinski definition) is 1. The number of fused-ring (bicyclic) bond motifs is 2. The van der Waals surface area contributed by atoms with Crippen LogP contribution in [0.3, 0.4) is 0 Å². The molecule has 4 aromatic carbocycles. The second-order valence-corrected chi connectivity index (χ2v) is 13.1. The van der Waals surface area contributed by atoms with Gasteiger partial charge in [-0.05, 0) is 40.0 Å². The fourth-order valence-electron chi connectivity index (χ4n) is 6.22. The van der Waals surface area contributed by atoms with Crippen molar-refractivity contribution in [3.63, 3.8) is 0 Å². The molecule has 0 fully saturated rings. The zero-order valence-corrected chi connectivity index (χ0v) is 28.0. The normalized spacial score (nSPS) is 15.2. The molecule has 2 heterocycles. The number of halogens is 4. The van der Waals surface area contributed by atoms with E-state index in [2.05, 4.69) is 126 Å². The summed E-state index contributed by atoms with van der Waals surface area (Å²) in [6.45, 7) is 5.88. The van der Waals surface area contributed by atoms with Gasteiger partial charge < -0.3 is 4.90 Å². The summed E-state index contributed by atoms with van der Waals surface area (Å²) in [5.41, 5.74) is 10.2. The van der Waals surface area contributed by atoms with Gasteiger partial charge in [-0.25, -0.2) is 9.13 Å². The van der Waals surface area contributed by atoms with E-state index in [0.29, 0.717) is 34.9 Å². The number of nitrogens with zero attached hydrogens (tertiary/aromatic N) is 3. The van der Waals surface area contributed by atoms with Crippen LogP contribution in [0.25, 0.3) is 17.1 Å². The Morgan fingerprint density at radius 2 is 1.36 bits per heavy atom. The topological polar surface area (TPSA) is 12.1 Å². The quantitative estimate of drug-likeness (QED) is 0.119. The second-order valence-electron chi connectivity index (χ2n) is 11.8. The molecule has 0 aliphatic carbocycles. The number of rotatable bonds is 8.